The fraction of sp³-hybridized carbons (Fsp3) is 0.368. The summed E-state index contributed by atoms with van der Waals surface area (Å²) in [4.78, 5) is 17.5. The van der Waals surface area contributed by atoms with Crippen LogP contribution in [0, 0.1) is 5.92 Å². The van der Waals surface area contributed by atoms with Crippen molar-refractivity contribution in [1.29, 1.82) is 0 Å². The number of Topliss-reactive ketones (excluding diaryl/α,β-unsaturated/α-hetero) is 1. The molecular weight excluding hydrogens is 272 g/mol. The van der Waals surface area contributed by atoms with E-state index in [9.17, 15) is 4.79 Å². The number of benzene rings is 1. The molecule has 112 valence electrons. The third kappa shape index (κ3) is 1.88. The number of aliphatic imine (C=N–C) groups is 1. The average Bonchev–Trinajstić information content (AvgIpc) is 3.05. The summed E-state index contributed by atoms with van der Waals surface area (Å²) in [6, 6.07) is 8.44. The second kappa shape index (κ2) is 4.94. The van der Waals surface area contributed by atoms with Gasteiger partial charge in [-0.3, -0.25) is 9.79 Å². The van der Waals surface area contributed by atoms with Crippen LogP contribution in [0.25, 0.3) is 10.9 Å². The summed E-state index contributed by atoms with van der Waals surface area (Å²) in [7, 11) is 2.07. The molecule has 1 aromatic heterocycles. The predicted molar refractivity (Wildman–Crippen MR) is 89.7 cm³/mol. The van der Waals surface area contributed by atoms with E-state index < -0.39 is 0 Å². The van der Waals surface area contributed by atoms with Crippen molar-refractivity contribution in [3.8, 4) is 0 Å². The lowest BCUT2D eigenvalue weighted by atomic mass is 9.80. The Hall–Kier alpha value is -2.16. The number of aryl methyl sites for hydroxylation is 1. The van der Waals surface area contributed by atoms with Gasteiger partial charge in [-0.15, -0.1) is 0 Å². The van der Waals surface area contributed by atoms with Crippen LogP contribution in [0.2, 0.25) is 0 Å². The highest BCUT2D eigenvalue weighted by atomic mass is 16.1. The van der Waals surface area contributed by atoms with Crippen molar-refractivity contribution >= 4 is 22.9 Å². The molecule has 2 unspecified atom stereocenters. The molecule has 3 heteroatoms. The van der Waals surface area contributed by atoms with Crippen LogP contribution in [0.3, 0.4) is 0 Å². The molecule has 1 aromatic carbocycles. The largest absolute Gasteiger partial charge is 0.347 e. The van der Waals surface area contributed by atoms with Crippen LogP contribution in [0.4, 0.5) is 0 Å². The third-order valence-corrected chi connectivity index (χ3v) is 5.21. The first-order valence-electron chi connectivity index (χ1n) is 7.97. The van der Waals surface area contributed by atoms with Crippen molar-refractivity contribution in [2.75, 3.05) is 0 Å². The van der Waals surface area contributed by atoms with E-state index in [1.807, 2.05) is 18.3 Å². The predicted octanol–water partition coefficient (Wildman–Crippen LogP) is 3.71. The fourth-order valence-electron chi connectivity index (χ4n) is 3.89. The first kappa shape index (κ1) is 13.5. The van der Waals surface area contributed by atoms with Crippen LogP contribution in [-0.2, 0) is 13.5 Å². The number of rotatable bonds is 2. The summed E-state index contributed by atoms with van der Waals surface area (Å²) in [5, 5.41) is 1.11. The van der Waals surface area contributed by atoms with Gasteiger partial charge in [-0.1, -0.05) is 18.2 Å². The monoisotopic (exact) mass is 292 g/mol. The molecular formula is C19H20N2O. The molecule has 0 fully saturated rings. The first-order valence-corrected chi connectivity index (χ1v) is 7.97. The molecule has 4 rings (SSSR count). The van der Waals surface area contributed by atoms with Crippen molar-refractivity contribution in [2.24, 2.45) is 18.0 Å². The van der Waals surface area contributed by atoms with Crippen molar-refractivity contribution in [2.45, 2.75) is 32.2 Å². The third-order valence-electron chi connectivity index (χ3n) is 5.21. The Morgan fingerprint density at radius 2 is 2.14 bits per heavy atom. The zero-order valence-electron chi connectivity index (χ0n) is 13.0. The summed E-state index contributed by atoms with van der Waals surface area (Å²) in [6.07, 6.45) is 6.70. The van der Waals surface area contributed by atoms with Gasteiger partial charge < -0.3 is 4.57 Å². The van der Waals surface area contributed by atoms with Crippen molar-refractivity contribution in [3.63, 3.8) is 0 Å². The smallest absolute Gasteiger partial charge is 0.168 e. The van der Waals surface area contributed by atoms with Gasteiger partial charge in [0.05, 0.1) is 6.04 Å². The van der Waals surface area contributed by atoms with Crippen LogP contribution >= 0.6 is 0 Å². The standard InChI is InChI=1S/C19H20N2O/c1-12-9-10-20-15(12)11-13-7-8-17-18(19(13)22)14-5-3-4-6-16(14)21(17)2/h3-6,9-10,13,15H,7-8,11H2,1-2H3. The minimum Gasteiger partial charge on any atom is -0.347 e. The summed E-state index contributed by atoms with van der Waals surface area (Å²) >= 11 is 0. The molecule has 0 saturated heterocycles. The number of fused-ring (bicyclic) bond motifs is 3. The summed E-state index contributed by atoms with van der Waals surface area (Å²) in [5.74, 6) is 0.412. The summed E-state index contributed by atoms with van der Waals surface area (Å²) in [6.45, 7) is 2.11. The van der Waals surface area contributed by atoms with E-state index in [-0.39, 0.29) is 12.0 Å². The van der Waals surface area contributed by atoms with Gasteiger partial charge >= 0.3 is 0 Å². The molecule has 1 aliphatic heterocycles. The topological polar surface area (TPSA) is 34.4 Å². The van der Waals surface area contributed by atoms with E-state index in [0.29, 0.717) is 5.78 Å². The van der Waals surface area contributed by atoms with Crippen molar-refractivity contribution < 1.29 is 4.79 Å². The summed E-state index contributed by atoms with van der Waals surface area (Å²) in [5.41, 5.74) is 4.59. The Kier molecular flexibility index (Phi) is 3.03. The molecule has 2 atom stereocenters. The first-order chi connectivity index (χ1) is 10.7. The number of aromatic nitrogens is 1. The molecule has 0 spiro atoms. The lowest BCUT2D eigenvalue weighted by molar-refractivity contribution is 0.0892. The SMILES string of the molecule is CC1=CC=NC1CC1CCc2c(c3ccccc3n2C)C1=O. The van der Waals surface area contributed by atoms with Gasteiger partial charge in [-0.2, -0.15) is 0 Å². The number of nitrogens with zero attached hydrogens (tertiary/aromatic N) is 2. The van der Waals surface area contributed by atoms with Gasteiger partial charge in [0.15, 0.2) is 5.78 Å². The lowest BCUT2D eigenvalue weighted by Crippen LogP contribution is -2.26. The van der Waals surface area contributed by atoms with E-state index in [2.05, 4.69) is 41.7 Å². The van der Waals surface area contributed by atoms with Gasteiger partial charge in [0.2, 0.25) is 0 Å². The molecule has 0 radical (unpaired) electrons. The highest BCUT2D eigenvalue weighted by molar-refractivity contribution is 6.11. The summed E-state index contributed by atoms with van der Waals surface area (Å²) < 4.78 is 2.19. The number of carbonyl (C=O) groups excluding carboxylic acids is 1. The van der Waals surface area contributed by atoms with E-state index in [4.69, 9.17) is 0 Å². The molecule has 0 amide bonds. The minimum absolute atomic E-state index is 0.0990. The molecule has 2 aromatic rings. The highest BCUT2D eigenvalue weighted by Gasteiger charge is 2.33. The second-order valence-corrected chi connectivity index (χ2v) is 6.46. The number of carbonyl (C=O) groups is 1. The molecule has 2 aliphatic rings. The van der Waals surface area contributed by atoms with Crippen LogP contribution in [-0.4, -0.2) is 22.6 Å². The molecule has 2 heterocycles. The fourth-order valence-corrected chi connectivity index (χ4v) is 3.89. The van der Waals surface area contributed by atoms with Gasteiger partial charge in [0.25, 0.3) is 0 Å². The Balaban J connectivity index is 1.72. The van der Waals surface area contributed by atoms with E-state index in [1.54, 1.807) is 0 Å². The van der Waals surface area contributed by atoms with Gasteiger partial charge in [-0.05, 0) is 43.9 Å². The molecule has 0 saturated carbocycles. The number of hydrogen-bond donors (Lipinski definition) is 0. The lowest BCUT2D eigenvalue weighted by Gasteiger charge is -2.24. The second-order valence-electron chi connectivity index (χ2n) is 6.46. The van der Waals surface area contributed by atoms with Crippen LogP contribution in [0.1, 0.15) is 35.8 Å². The van der Waals surface area contributed by atoms with Gasteiger partial charge in [-0.25, -0.2) is 0 Å². The Morgan fingerprint density at radius 3 is 2.91 bits per heavy atom. The van der Waals surface area contributed by atoms with Crippen LogP contribution in [0.5, 0.6) is 0 Å². The Labute approximate surface area is 130 Å². The Bertz CT molecular complexity index is 825. The molecule has 3 nitrogen and oxygen atoms in total. The van der Waals surface area contributed by atoms with E-state index >= 15 is 0 Å². The minimum atomic E-state index is 0.0990. The van der Waals surface area contributed by atoms with Crippen LogP contribution in [0.15, 0.2) is 40.9 Å². The molecule has 22 heavy (non-hydrogen) atoms. The maximum atomic E-state index is 13.1. The van der Waals surface area contributed by atoms with Crippen molar-refractivity contribution in [1.82, 2.24) is 4.57 Å². The normalized spacial score (nSPS) is 23.9. The van der Waals surface area contributed by atoms with Gasteiger partial charge in [0.1, 0.15) is 0 Å². The zero-order chi connectivity index (χ0) is 15.3. The van der Waals surface area contributed by atoms with Crippen LogP contribution < -0.4 is 0 Å². The number of ketones is 1. The molecule has 1 aliphatic carbocycles. The van der Waals surface area contributed by atoms with Gasteiger partial charge in [0, 0.05) is 41.3 Å². The molecule has 0 N–H and O–H groups in total. The number of hydrogen-bond acceptors (Lipinski definition) is 2. The number of allylic oxidation sites excluding steroid dienone is 1. The van der Waals surface area contributed by atoms with E-state index in [0.717, 1.165) is 35.7 Å². The average molecular weight is 292 g/mol. The maximum Gasteiger partial charge on any atom is 0.168 e. The highest BCUT2D eigenvalue weighted by Crippen LogP contribution is 2.36. The maximum absolute atomic E-state index is 13.1. The Morgan fingerprint density at radius 1 is 1.32 bits per heavy atom. The quantitative estimate of drug-likeness (QED) is 0.830. The number of para-hydroxylation sites is 1. The van der Waals surface area contributed by atoms with Crippen molar-refractivity contribution in [3.05, 3.63) is 47.2 Å². The molecule has 0 bridgehead atoms. The van der Waals surface area contributed by atoms with E-state index in [1.165, 1.54) is 11.3 Å². The zero-order valence-corrected chi connectivity index (χ0v) is 13.0.